The number of nitrogens with zero attached hydrogens (tertiary/aromatic N) is 1. The summed E-state index contributed by atoms with van der Waals surface area (Å²) in [6.07, 6.45) is 3.29. The monoisotopic (exact) mass is 351 g/mol. The van der Waals surface area contributed by atoms with E-state index in [4.69, 9.17) is 14.7 Å². The van der Waals surface area contributed by atoms with Gasteiger partial charge >= 0.3 is 6.16 Å². The van der Waals surface area contributed by atoms with Crippen molar-refractivity contribution in [3.05, 3.63) is 30.3 Å². The maximum Gasteiger partial charge on any atom is 0.531 e. The molecule has 1 aliphatic heterocycles. The zero-order chi connectivity index (χ0) is 17.6. The summed E-state index contributed by atoms with van der Waals surface area (Å²) in [5, 5.41) is 9.73. The smallest absolute Gasteiger partial charge is 0.448 e. The van der Waals surface area contributed by atoms with Gasteiger partial charge in [0.1, 0.15) is 0 Å². The number of benzene rings is 1. The van der Waals surface area contributed by atoms with E-state index in [0.29, 0.717) is 12.1 Å². The van der Waals surface area contributed by atoms with Crippen molar-refractivity contribution < 1.29 is 24.3 Å². The van der Waals surface area contributed by atoms with Crippen molar-refractivity contribution in [2.24, 2.45) is 5.92 Å². The molecular weight excluding hydrogens is 326 g/mol. The van der Waals surface area contributed by atoms with Crippen LogP contribution in [0.3, 0.4) is 0 Å². The molecule has 2 rings (SSSR count). The van der Waals surface area contributed by atoms with Gasteiger partial charge in [0.2, 0.25) is 0 Å². The van der Waals surface area contributed by atoms with Crippen LogP contribution in [0.4, 0.5) is 10.5 Å². The Morgan fingerprint density at radius 2 is 2.08 bits per heavy atom. The Balaban J connectivity index is 2.01. The van der Waals surface area contributed by atoms with Gasteiger partial charge < -0.3 is 9.84 Å². The van der Waals surface area contributed by atoms with Crippen LogP contribution in [0.2, 0.25) is 0 Å². The van der Waals surface area contributed by atoms with Crippen molar-refractivity contribution in [3.63, 3.8) is 0 Å². The SMILES string of the molecule is CC(CCC1([SiH3])CCCCO1)C(=O)N(OC(=O)O)c1ccccc1. The van der Waals surface area contributed by atoms with Gasteiger partial charge in [-0.15, -0.1) is 5.06 Å². The summed E-state index contributed by atoms with van der Waals surface area (Å²) >= 11 is 0. The third kappa shape index (κ3) is 5.07. The van der Waals surface area contributed by atoms with Gasteiger partial charge in [-0.25, -0.2) is 4.79 Å². The first kappa shape index (κ1) is 18.5. The summed E-state index contributed by atoms with van der Waals surface area (Å²) in [5.74, 6) is -0.703. The molecule has 1 aliphatic rings. The van der Waals surface area contributed by atoms with Crippen molar-refractivity contribution in [2.45, 2.75) is 44.3 Å². The number of hydrogen-bond donors (Lipinski definition) is 1. The maximum atomic E-state index is 12.7. The summed E-state index contributed by atoms with van der Waals surface area (Å²) in [5.41, 5.74) is 0.409. The Labute approximate surface area is 145 Å². The lowest BCUT2D eigenvalue weighted by Gasteiger charge is -2.35. The molecule has 0 saturated carbocycles. The highest BCUT2D eigenvalue weighted by Gasteiger charge is 2.31. The standard InChI is InChI=1S/C17H25NO5Si/c1-13(9-11-17(24)10-5-6-12-22-17)15(19)18(23-16(20)21)14-7-3-2-4-8-14/h2-4,7-8,13H,5-6,9-12H2,1,24H3,(H,20,21). The van der Waals surface area contributed by atoms with E-state index in [9.17, 15) is 9.59 Å². The second-order valence-corrected chi connectivity index (χ2v) is 8.34. The fourth-order valence-corrected chi connectivity index (χ4v) is 3.75. The maximum absolute atomic E-state index is 12.7. The van der Waals surface area contributed by atoms with Crippen molar-refractivity contribution >= 4 is 28.0 Å². The average molecular weight is 351 g/mol. The van der Waals surface area contributed by atoms with E-state index < -0.39 is 6.16 Å². The van der Waals surface area contributed by atoms with Crippen molar-refractivity contribution in [3.8, 4) is 0 Å². The van der Waals surface area contributed by atoms with E-state index in [1.54, 1.807) is 37.3 Å². The predicted octanol–water partition coefficient (Wildman–Crippen LogP) is 2.31. The topological polar surface area (TPSA) is 76.1 Å². The molecule has 1 saturated heterocycles. The van der Waals surface area contributed by atoms with Crippen LogP contribution in [-0.4, -0.2) is 39.2 Å². The number of ether oxygens (including phenoxy) is 1. The van der Waals surface area contributed by atoms with Gasteiger partial charge in [0.25, 0.3) is 5.91 Å². The summed E-state index contributed by atoms with van der Waals surface area (Å²) in [7, 11) is 0.929. The van der Waals surface area contributed by atoms with Gasteiger partial charge in [0.05, 0.1) is 5.69 Å². The van der Waals surface area contributed by atoms with Crippen LogP contribution in [0.25, 0.3) is 0 Å². The van der Waals surface area contributed by atoms with Gasteiger partial charge in [0.15, 0.2) is 0 Å². The van der Waals surface area contributed by atoms with Crippen LogP contribution in [0.5, 0.6) is 0 Å². The van der Waals surface area contributed by atoms with Crippen LogP contribution in [0, 0.1) is 5.92 Å². The molecule has 7 heteroatoms. The molecule has 1 fully saturated rings. The molecule has 0 radical (unpaired) electrons. The lowest BCUT2D eigenvalue weighted by atomic mass is 9.97. The third-order valence-corrected chi connectivity index (χ3v) is 5.73. The first-order valence-corrected chi connectivity index (χ1v) is 9.35. The minimum absolute atomic E-state index is 0.0575. The molecule has 24 heavy (non-hydrogen) atoms. The third-order valence-electron chi connectivity index (χ3n) is 4.44. The summed E-state index contributed by atoms with van der Waals surface area (Å²) in [6, 6.07) is 8.54. The summed E-state index contributed by atoms with van der Waals surface area (Å²) < 4.78 is 5.92. The Morgan fingerprint density at radius 3 is 2.67 bits per heavy atom. The average Bonchev–Trinajstić information content (AvgIpc) is 2.58. The second kappa shape index (κ2) is 8.30. The first-order valence-electron chi connectivity index (χ1n) is 8.35. The van der Waals surface area contributed by atoms with Crippen LogP contribution in [-0.2, 0) is 14.4 Å². The minimum atomic E-state index is -1.51. The molecule has 2 unspecified atom stereocenters. The molecule has 0 aliphatic carbocycles. The highest BCUT2D eigenvalue weighted by atomic mass is 28.1. The predicted molar refractivity (Wildman–Crippen MR) is 93.9 cm³/mol. The number of carbonyl (C=O) groups is 2. The molecule has 1 amide bonds. The van der Waals surface area contributed by atoms with E-state index in [2.05, 4.69) is 0 Å². The largest absolute Gasteiger partial charge is 0.531 e. The summed E-state index contributed by atoms with van der Waals surface area (Å²) in [6.45, 7) is 2.60. The number of carbonyl (C=O) groups excluding carboxylic acids is 1. The molecule has 0 bridgehead atoms. The van der Waals surface area contributed by atoms with Gasteiger partial charge in [-0.1, -0.05) is 25.1 Å². The molecule has 1 N–H and O–H groups in total. The van der Waals surface area contributed by atoms with E-state index >= 15 is 0 Å². The lowest BCUT2D eigenvalue weighted by molar-refractivity contribution is -0.128. The van der Waals surface area contributed by atoms with Crippen LogP contribution >= 0.6 is 0 Å². The molecule has 1 heterocycles. The Hall–Kier alpha value is -1.86. The number of rotatable bonds is 5. The van der Waals surface area contributed by atoms with Crippen LogP contribution in [0.1, 0.15) is 39.0 Å². The van der Waals surface area contributed by atoms with Crippen molar-refractivity contribution in [1.29, 1.82) is 0 Å². The molecule has 132 valence electrons. The van der Waals surface area contributed by atoms with E-state index in [0.717, 1.165) is 41.2 Å². The van der Waals surface area contributed by atoms with Gasteiger partial charge in [0, 0.05) is 28.0 Å². The highest BCUT2D eigenvalue weighted by Crippen LogP contribution is 2.29. The molecule has 1 aromatic rings. The zero-order valence-corrected chi connectivity index (χ0v) is 16.2. The zero-order valence-electron chi connectivity index (χ0n) is 14.2. The lowest BCUT2D eigenvalue weighted by Crippen LogP contribution is -2.40. The first-order chi connectivity index (χ1) is 11.4. The second-order valence-electron chi connectivity index (χ2n) is 6.52. The number of amides is 1. The number of para-hydroxylation sites is 1. The number of hydrogen-bond acceptors (Lipinski definition) is 4. The fraction of sp³-hybridized carbons (Fsp3) is 0.529. The Bertz CT molecular complexity index is 559. The highest BCUT2D eigenvalue weighted by molar-refractivity contribution is 6.14. The van der Waals surface area contributed by atoms with Crippen molar-refractivity contribution in [1.82, 2.24) is 0 Å². The molecule has 0 aromatic heterocycles. The molecular formula is C17H25NO5Si. The summed E-state index contributed by atoms with van der Waals surface area (Å²) in [4.78, 5) is 28.3. The van der Waals surface area contributed by atoms with Crippen LogP contribution in [0.15, 0.2) is 30.3 Å². The Kier molecular flexibility index (Phi) is 6.39. The number of anilines is 1. The molecule has 6 nitrogen and oxygen atoms in total. The number of hydroxylamine groups is 1. The normalized spacial score (nSPS) is 21.9. The minimum Gasteiger partial charge on any atom is -0.448 e. The van der Waals surface area contributed by atoms with E-state index in [1.807, 2.05) is 0 Å². The molecule has 0 spiro atoms. The number of carboxylic acid groups (broad SMARTS) is 1. The Morgan fingerprint density at radius 1 is 1.38 bits per heavy atom. The van der Waals surface area contributed by atoms with Gasteiger partial charge in [-0.05, 0) is 44.2 Å². The van der Waals surface area contributed by atoms with Crippen LogP contribution < -0.4 is 5.06 Å². The van der Waals surface area contributed by atoms with Crippen molar-refractivity contribution in [2.75, 3.05) is 11.7 Å². The molecule has 1 aromatic carbocycles. The van der Waals surface area contributed by atoms with Gasteiger partial charge in [-0.3, -0.25) is 9.63 Å². The van der Waals surface area contributed by atoms with Gasteiger partial charge in [-0.2, -0.15) is 0 Å². The quantitative estimate of drug-likeness (QED) is 0.651. The molecule has 2 atom stereocenters. The fourth-order valence-electron chi connectivity index (χ4n) is 2.90. The van der Waals surface area contributed by atoms with E-state index in [1.165, 1.54) is 6.42 Å². The van der Waals surface area contributed by atoms with E-state index in [-0.39, 0.29) is 17.0 Å².